The second-order valence-electron chi connectivity index (χ2n) is 6.74. The summed E-state index contributed by atoms with van der Waals surface area (Å²) in [7, 11) is 0. The topological polar surface area (TPSA) is 62.2 Å². The molecule has 2 amide bonds. The third-order valence-electron chi connectivity index (χ3n) is 4.52. The molecule has 1 fully saturated rings. The Morgan fingerprint density at radius 1 is 1.08 bits per heavy atom. The van der Waals surface area contributed by atoms with Crippen molar-refractivity contribution >= 4 is 17.5 Å². The zero-order chi connectivity index (χ0) is 17.8. The highest BCUT2D eigenvalue weighted by molar-refractivity contribution is 6.02. The van der Waals surface area contributed by atoms with Gasteiger partial charge in [0.05, 0.1) is 24.5 Å². The number of benzene rings is 1. The molecule has 0 aromatic heterocycles. The van der Waals surface area contributed by atoms with Gasteiger partial charge < -0.3 is 9.64 Å². The molecular formula is C19H25N3O3. The van der Waals surface area contributed by atoms with E-state index in [1.165, 1.54) is 5.01 Å². The minimum absolute atomic E-state index is 0.0156. The molecule has 2 aliphatic heterocycles. The number of ether oxygens (including phenoxy) is 1. The Morgan fingerprint density at radius 3 is 2.40 bits per heavy atom. The lowest BCUT2D eigenvalue weighted by Gasteiger charge is -2.35. The number of carbonyl (C=O) groups excluding carboxylic acids is 2. The van der Waals surface area contributed by atoms with Gasteiger partial charge in [0.25, 0.3) is 0 Å². The van der Waals surface area contributed by atoms with Crippen LogP contribution in [0.25, 0.3) is 0 Å². The lowest BCUT2D eigenvalue weighted by atomic mass is 10.1. The molecule has 2 aliphatic rings. The minimum atomic E-state index is -0.0892. The van der Waals surface area contributed by atoms with Crippen LogP contribution in [0, 0.1) is 0 Å². The van der Waals surface area contributed by atoms with Crippen molar-refractivity contribution in [1.29, 1.82) is 0 Å². The van der Waals surface area contributed by atoms with Gasteiger partial charge in [-0.15, -0.1) is 0 Å². The maximum Gasteiger partial charge on any atom is 0.243 e. The summed E-state index contributed by atoms with van der Waals surface area (Å²) in [5.41, 5.74) is 1.97. The van der Waals surface area contributed by atoms with Gasteiger partial charge in [-0.25, -0.2) is 5.01 Å². The first-order valence-electron chi connectivity index (χ1n) is 8.89. The summed E-state index contributed by atoms with van der Waals surface area (Å²) in [6.07, 6.45) is 1.26. The van der Waals surface area contributed by atoms with Gasteiger partial charge >= 0.3 is 0 Å². The highest BCUT2D eigenvalue weighted by Crippen LogP contribution is 2.16. The maximum atomic E-state index is 12.4. The molecule has 2 atom stereocenters. The van der Waals surface area contributed by atoms with Crippen LogP contribution in [0.3, 0.4) is 0 Å². The molecular weight excluding hydrogens is 318 g/mol. The fourth-order valence-corrected chi connectivity index (χ4v) is 3.35. The van der Waals surface area contributed by atoms with Crippen LogP contribution in [-0.2, 0) is 14.3 Å². The number of nitrogens with zero attached hydrogens (tertiary/aromatic N) is 3. The van der Waals surface area contributed by atoms with E-state index in [2.05, 4.69) is 5.10 Å². The molecule has 1 aromatic carbocycles. The highest BCUT2D eigenvalue weighted by atomic mass is 16.5. The molecule has 0 bridgehead atoms. The molecule has 134 valence electrons. The normalized spacial score (nSPS) is 23.5. The van der Waals surface area contributed by atoms with Crippen molar-refractivity contribution in [2.24, 2.45) is 5.10 Å². The summed E-state index contributed by atoms with van der Waals surface area (Å²) in [5, 5.41) is 5.93. The van der Waals surface area contributed by atoms with E-state index in [9.17, 15) is 9.59 Å². The van der Waals surface area contributed by atoms with Gasteiger partial charge in [-0.2, -0.15) is 5.10 Å². The fraction of sp³-hybridized carbons (Fsp3) is 0.526. The van der Waals surface area contributed by atoms with Crippen LogP contribution in [0.2, 0.25) is 0 Å². The molecule has 0 aliphatic carbocycles. The summed E-state index contributed by atoms with van der Waals surface area (Å²) in [6, 6.07) is 9.88. The van der Waals surface area contributed by atoms with Crippen LogP contribution >= 0.6 is 0 Å². The van der Waals surface area contributed by atoms with Crippen molar-refractivity contribution < 1.29 is 14.3 Å². The van der Waals surface area contributed by atoms with Gasteiger partial charge in [-0.05, 0) is 19.4 Å². The first kappa shape index (κ1) is 17.6. The first-order chi connectivity index (χ1) is 12.0. The van der Waals surface area contributed by atoms with Crippen molar-refractivity contribution in [3.63, 3.8) is 0 Å². The van der Waals surface area contributed by atoms with Crippen molar-refractivity contribution in [2.75, 3.05) is 19.6 Å². The predicted molar refractivity (Wildman–Crippen MR) is 95.1 cm³/mol. The molecule has 0 spiro atoms. The average Bonchev–Trinajstić information content (AvgIpc) is 3.09. The van der Waals surface area contributed by atoms with Gasteiger partial charge in [-0.1, -0.05) is 30.3 Å². The molecule has 1 aromatic rings. The van der Waals surface area contributed by atoms with E-state index in [0.717, 1.165) is 17.7 Å². The highest BCUT2D eigenvalue weighted by Gasteiger charge is 2.27. The summed E-state index contributed by atoms with van der Waals surface area (Å²) in [6.45, 7) is 5.70. The Kier molecular flexibility index (Phi) is 5.48. The monoisotopic (exact) mass is 343 g/mol. The Morgan fingerprint density at radius 2 is 1.72 bits per heavy atom. The Labute approximate surface area is 148 Å². The first-order valence-corrected chi connectivity index (χ1v) is 8.89. The fourth-order valence-electron chi connectivity index (χ4n) is 3.35. The number of rotatable bonds is 4. The Bertz CT molecular complexity index is 649. The van der Waals surface area contributed by atoms with Gasteiger partial charge in [0.15, 0.2) is 0 Å². The zero-order valence-corrected chi connectivity index (χ0v) is 14.9. The van der Waals surface area contributed by atoms with E-state index in [4.69, 9.17) is 4.74 Å². The van der Waals surface area contributed by atoms with Gasteiger partial charge in [0.2, 0.25) is 11.8 Å². The van der Waals surface area contributed by atoms with Gasteiger partial charge in [-0.3, -0.25) is 9.59 Å². The van der Waals surface area contributed by atoms with Crippen LogP contribution in [0.1, 0.15) is 38.7 Å². The zero-order valence-electron chi connectivity index (χ0n) is 14.9. The standard InChI is InChI=1S/C19H25N3O3/c1-14-12-21(13-15(2)25-14)18(23)8-9-19(24)22-11-10-17(20-22)16-6-4-3-5-7-16/h3-7,14-15H,8-13H2,1-2H3. The Balaban J connectivity index is 1.51. The van der Waals surface area contributed by atoms with E-state index < -0.39 is 0 Å². The molecule has 2 unspecified atom stereocenters. The lowest BCUT2D eigenvalue weighted by Crippen LogP contribution is -2.48. The van der Waals surface area contributed by atoms with E-state index in [0.29, 0.717) is 19.6 Å². The summed E-state index contributed by atoms with van der Waals surface area (Å²) >= 11 is 0. The van der Waals surface area contributed by atoms with Crippen LogP contribution in [0.5, 0.6) is 0 Å². The average molecular weight is 343 g/mol. The number of hydrogen-bond acceptors (Lipinski definition) is 4. The van der Waals surface area contributed by atoms with Crippen molar-refractivity contribution in [3.8, 4) is 0 Å². The van der Waals surface area contributed by atoms with Crippen LogP contribution in [-0.4, -0.2) is 59.3 Å². The molecule has 3 rings (SSSR count). The Hall–Kier alpha value is -2.21. The second kappa shape index (κ2) is 7.78. The predicted octanol–water partition coefficient (Wildman–Crippen LogP) is 2.04. The van der Waals surface area contributed by atoms with E-state index in [-0.39, 0.29) is 36.9 Å². The summed E-state index contributed by atoms with van der Waals surface area (Å²) in [4.78, 5) is 26.5. The smallest absolute Gasteiger partial charge is 0.243 e. The quantitative estimate of drug-likeness (QED) is 0.840. The second-order valence-corrected chi connectivity index (χ2v) is 6.74. The number of hydrogen-bond donors (Lipinski definition) is 0. The molecule has 6 heteroatoms. The van der Waals surface area contributed by atoms with Crippen molar-refractivity contribution in [2.45, 2.75) is 45.3 Å². The number of carbonyl (C=O) groups is 2. The van der Waals surface area contributed by atoms with Crippen molar-refractivity contribution in [1.82, 2.24) is 9.91 Å². The van der Waals surface area contributed by atoms with Crippen LogP contribution in [0.4, 0.5) is 0 Å². The summed E-state index contributed by atoms with van der Waals surface area (Å²) < 4.78 is 5.64. The van der Waals surface area contributed by atoms with Crippen molar-refractivity contribution in [3.05, 3.63) is 35.9 Å². The lowest BCUT2D eigenvalue weighted by molar-refractivity contribution is -0.145. The third kappa shape index (κ3) is 4.45. The maximum absolute atomic E-state index is 12.4. The van der Waals surface area contributed by atoms with Crippen LogP contribution in [0.15, 0.2) is 35.4 Å². The molecule has 6 nitrogen and oxygen atoms in total. The van der Waals surface area contributed by atoms with E-state index in [1.807, 2.05) is 44.2 Å². The molecule has 0 radical (unpaired) electrons. The third-order valence-corrected chi connectivity index (χ3v) is 4.52. The number of morpholine rings is 1. The summed E-state index contributed by atoms with van der Waals surface area (Å²) in [5.74, 6) is -0.0737. The molecule has 25 heavy (non-hydrogen) atoms. The molecule has 0 saturated carbocycles. The number of amides is 2. The molecule has 1 saturated heterocycles. The minimum Gasteiger partial charge on any atom is -0.372 e. The molecule has 0 N–H and O–H groups in total. The van der Waals surface area contributed by atoms with Gasteiger partial charge in [0, 0.05) is 32.4 Å². The van der Waals surface area contributed by atoms with Crippen LogP contribution < -0.4 is 0 Å². The largest absolute Gasteiger partial charge is 0.372 e. The molecule has 2 heterocycles. The SMILES string of the molecule is CC1CN(C(=O)CCC(=O)N2CCC(c3ccccc3)=N2)CC(C)O1. The van der Waals surface area contributed by atoms with E-state index in [1.54, 1.807) is 4.90 Å². The number of hydrazone groups is 1. The van der Waals surface area contributed by atoms with E-state index >= 15 is 0 Å². The van der Waals surface area contributed by atoms with Gasteiger partial charge in [0.1, 0.15) is 0 Å².